The van der Waals surface area contributed by atoms with Crippen molar-refractivity contribution in [3.8, 4) is 5.75 Å². The van der Waals surface area contributed by atoms with Gasteiger partial charge in [-0.2, -0.15) is 0 Å². The summed E-state index contributed by atoms with van der Waals surface area (Å²) in [5, 5.41) is 5.81. The van der Waals surface area contributed by atoms with Crippen LogP contribution in [0.15, 0.2) is 97.6 Å². The van der Waals surface area contributed by atoms with Crippen LogP contribution >= 0.6 is 8.53 Å². The Morgan fingerprint density at radius 3 is 2.41 bits per heavy atom. The number of para-hydroxylation sites is 1. The first-order valence-electron chi connectivity index (χ1n) is 14.4. The van der Waals surface area contributed by atoms with Crippen LogP contribution in [0.5, 0.6) is 5.75 Å². The second kappa shape index (κ2) is 16.0. The molecule has 238 valence electrons. The van der Waals surface area contributed by atoms with E-state index >= 15 is 0 Å². The van der Waals surface area contributed by atoms with Crippen molar-refractivity contribution < 1.29 is 27.8 Å². The van der Waals surface area contributed by atoms with E-state index in [1.807, 2.05) is 48.5 Å². The molecule has 5 aromatic rings. The van der Waals surface area contributed by atoms with Crippen molar-refractivity contribution in [2.75, 3.05) is 11.9 Å². The number of anilines is 1. The fourth-order valence-corrected chi connectivity index (χ4v) is 5.43. The molecule has 46 heavy (non-hydrogen) atoms. The highest BCUT2D eigenvalue weighted by Crippen LogP contribution is 2.36. The molecule has 3 atom stereocenters. The molecule has 0 aliphatic rings. The van der Waals surface area contributed by atoms with Crippen LogP contribution in [0.1, 0.15) is 18.1 Å². The Balaban J connectivity index is 1.19. The topological polar surface area (TPSA) is 156 Å². The van der Waals surface area contributed by atoms with Crippen molar-refractivity contribution in [3.63, 3.8) is 0 Å². The lowest BCUT2D eigenvalue weighted by Crippen LogP contribution is -2.37. The zero-order chi connectivity index (χ0) is 32.3. The molecule has 0 bridgehead atoms. The summed E-state index contributed by atoms with van der Waals surface area (Å²) in [5.41, 5.74) is 8.55. The van der Waals surface area contributed by atoms with Crippen LogP contribution in [0.25, 0.3) is 11.2 Å². The van der Waals surface area contributed by atoms with E-state index < -0.39 is 32.5 Å². The van der Waals surface area contributed by atoms with Gasteiger partial charge in [0, 0.05) is 6.54 Å². The lowest BCUT2D eigenvalue weighted by molar-refractivity contribution is -0.146. The van der Waals surface area contributed by atoms with Gasteiger partial charge in [-0.1, -0.05) is 60.7 Å². The van der Waals surface area contributed by atoms with Gasteiger partial charge in [0.05, 0.1) is 19.0 Å². The van der Waals surface area contributed by atoms with E-state index in [0.29, 0.717) is 23.5 Å². The minimum atomic E-state index is -1.76. The molecule has 0 spiro atoms. The van der Waals surface area contributed by atoms with E-state index in [4.69, 9.17) is 19.5 Å². The monoisotopic (exact) mass is 645 g/mol. The average Bonchev–Trinajstić information content (AvgIpc) is 3.49. The maximum absolute atomic E-state index is 13.2. The summed E-state index contributed by atoms with van der Waals surface area (Å²) in [7, 11) is -1.76. The van der Waals surface area contributed by atoms with E-state index in [9.17, 15) is 14.0 Å². The molecule has 12 nitrogen and oxygen atoms in total. The molecule has 2 aromatic heterocycles. The van der Waals surface area contributed by atoms with Gasteiger partial charge in [0.15, 0.2) is 17.0 Å². The third kappa shape index (κ3) is 9.11. The Morgan fingerprint density at radius 2 is 1.67 bits per heavy atom. The Hall–Kier alpha value is -4.81. The summed E-state index contributed by atoms with van der Waals surface area (Å²) < 4.78 is 32.5. The van der Waals surface area contributed by atoms with Gasteiger partial charge in [-0.25, -0.2) is 24.4 Å². The normalized spacial score (nSPS) is 13.1. The second-order valence-electron chi connectivity index (χ2n) is 10.2. The molecule has 0 aliphatic heterocycles. The Kier molecular flexibility index (Phi) is 11.3. The van der Waals surface area contributed by atoms with E-state index in [2.05, 4.69) is 25.4 Å². The van der Waals surface area contributed by atoms with Gasteiger partial charge in [0.2, 0.25) is 5.91 Å². The fourth-order valence-electron chi connectivity index (χ4n) is 4.27. The maximum Gasteiger partial charge on any atom is 0.323 e. The van der Waals surface area contributed by atoms with Gasteiger partial charge in [0.1, 0.15) is 30.5 Å². The lowest BCUT2D eigenvalue weighted by atomic mass is 10.1. The molecule has 4 N–H and O–H groups in total. The number of amides is 1. The number of rotatable bonds is 15. The molecule has 0 saturated heterocycles. The number of nitrogens with two attached hydrogens (primary N) is 1. The summed E-state index contributed by atoms with van der Waals surface area (Å²) in [6.07, 6.45) is 3.10. The number of esters is 1. The number of hydrogen-bond acceptors (Lipinski definition) is 10. The Morgan fingerprint density at radius 1 is 0.957 bits per heavy atom. The van der Waals surface area contributed by atoms with Crippen LogP contribution < -0.4 is 20.7 Å². The number of halogens is 1. The predicted octanol–water partition coefficient (Wildman–Crippen LogP) is 4.52. The van der Waals surface area contributed by atoms with E-state index in [1.54, 1.807) is 42.1 Å². The number of carbonyl (C=O) groups is 2. The van der Waals surface area contributed by atoms with E-state index in [1.165, 1.54) is 18.5 Å². The first-order chi connectivity index (χ1) is 22.4. The highest BCUT2D eigenvalue weighted by molar-refractivity contribution is 7.45. The molecular formula is C32H33FN7O5P. The van der Waals surface area contributed by atoms with Crippen molar-refractivity contribution >= 4 is 37.4 Å². The molecular weight excluding hydrogens is 612 g/mol. The zero-order valence-electron chi connectivity index (χ0n) is 25.0. The first kappa shape index (κ1) is 32.6. The summed E-state index contributed by atoms with van der Waals surface area (Å²) in [6.45, 7) is 2.34. The zero-order valence-corrected chi connectivity index (χ0v) is 25.8. The average molecular weight is 646 g/mol. The predicted molar refractivity (Wildman–Crippen MR) is 171 cm³/mol. The number of imidazole rings is 1. The smallest absolute Gasteiger partial charge is 0.323 e. The number of fused-ring (bicyclic) bond motifs is 1. The van der Waals surface area contributed by atoms with Crippen LogP contribution in [-0.2, 0) is 38.4 Å². The number of carbonyl (C=O) groups excluding carboxylic acids is 2. The van der Waals surface area contributed by atoms with Crippen molar-refractivity contribution in [1.82, 2.24) is 24.6 Å². The third-order valence-electron chi connectivity index (χ3n) is 6.70. The number of nitrogens with one attached hydrogen (secondary N) is 2. The summed E-state index contributed by atoms with van der Waals surface area (Å²) in [4.78, 5) is 38.4. The molecule has 0 radical (unpaired) electrons. The fraction of sp³-hybridized carbons (Fsp3) is 0.219. The molecule has 1 amide bonds. The number of nitrogens with zero attached hydrogens (tertiary/aromatic N) is 4. The van der Waals surface area contributed by atoms with Crippen LogP contribution in [0.3, 0.4) is 0 Å². The molecule has 3 aromatic carbocycles. The minimum Gasteiger partial charge on any atom is -0.460 e. The van der Waals surface area contributed by atoms with E-state index in [0.717, 1.165) is 11.1 Å². The number of ether oxygens (including phenoxy) is 1. The number of hydrogen-bond donors (Lipinski definition) is 3. The van der Waals surface area contributed by atoms with Crippen LogP contribution in [0.2, 0.25) is 0 Å². The standard InChI is InChI=1S/C32H33FN7O5P/c1-22(32(42)43-19-24-8-4-2-5-9-24)39-46(45-26-10-6-3-7-11-26)44-17-16-40-21-37-28-29(35-20-36-30(28)40)38-31(41)27(34)18-23-12-14-25(33)15-13-23/h2-15,20-22,27,39H,16-19,34H2,1H3,(H,35,36,38,41). The lowest BCUT2D eigenvalue weighted by Gasteiger charge is -2.22. The van der Waals surface area contributed by atoms with Gasteiger partial charge < -0.3 is 29.4 Å². The highest BCUT2D eigenvalue weighted by Gasteiger charge is 2.23. The first-order valence-corrected chi connectivity index (χ1v) is 15.6. The van der Waals surface area contributed by atoms with Gasteiger partial charge in [-0.15, -0.1) is 0 Å². The Labute approximate surface area is 266 Å². The summed E-state index contributed by atoms with van der Waals surface area (Å²) in [6, 6.07) is 22.8. The second-order valence-corrected chi connectivity index (χ2v) is 11.4. The minimum absolute atomic E-state index is 0.155. The highest BCUT2D eigenvalue weighted by atomic mass is 31.2. The summed E-state index contributed by atoms with van der Waals surface area (Å²) in [5.74, 6) is -0.487. The molecule has 0 fully saturated rings. The third-order valence-corrected chi connectivity index (χ3v) is 8.09. The molecule has 0 aliphatic carbocycles. The molecule has 5 rings (SSSR count). The van der Waals surface area contributed by atoms with Gasteiger partial charge in [-0.05, 0) is 48.7 Å². The van der Waals surface area contributed by atoms with Crippen molar-refractivity contribution in [2.45, 2.75) is 38.6 Å². The van der Waals surface area contributed by atoms with Crippen molar-refractivity contribution in [1.29, 1.82) is 0 Å². The molecule has 0 saturated carbocycles. The molecule has 3 unspecified atom stereocenters. The van der Waals surface area contributed by atoms with Crippen LogP contribution in [0.4, 0.5) is 10.2 Å². The van der Waals surface area contributed by atoms with E-state index in [-0.39, 0.29) is 31.3 Å². The number of aromatic nitrogens is 4. The van der Waals surface area contributed by atoms with Gasteiger partial charge in [-0.3, -0.25) is 9.59 Å². The molecule has 14 heteroatoms. The van der Waals surface area contributed by atoms with Crippen molar-refractivity contribution in [3.05, 3.63) is 115 Å². The van der Waals surface area contributed by atoms with Gasteiger partial charge in [0.25, 0.3) is 0 Å². The van der Waals surface area contributed by atoms with Gasteiger partial charge >= 0.3 is 14.5 Å². The van der Waals surface area contributed by atoms with Crippen LogP contribution in [0, 0.1) is 5.82 Å². The quantitative estimate of drug-likeness (QED) is 0.109. The maximum atomic E-state index is 13.2. The van der Waals surface area contributed by atoms with Crippen LogP contribution in [-0.4, -0.2) is 50.1 Å². The Bertz CT molecular complexity index is 1730. The molecule has 2 heterocycles. The van der Waals surface area contributed by atoms with Crippen molar-refractivity contribution in [2.24, 2.45) is 5.73 Å². The number of benzene rings is 3. The summed E-state index contributed by atoms with van der Waals surface area (Å²) >= 11 is 0. The largest absolute Gasteiger partial charge is 0.460 e. The SMILES string of the molecule is CC(NP(OCCn1cnc2c(NC(=O)C(N)Cc3ccc(F)cc3)ncnc21)Oc1ccccc1)C(=O)OCc1ccccc1.